The Morgan fingerprint density at radius 3 is 2.60 bits per heavy atom. The number of rotatable bonds is 8. The summed E-state index contributed by atoms with van der Waals surface area (Å²) < 4.78 is 10.6. The fourth-order valence-corrected chi connectivity index (χ4v) is 2.08. The van der Waals surface area contributed by atoms with Gasteiger partial charge < -0.3 is 14.6 Å². The Hall–Kier alpha value is -1.81. The Labute approximate surface area is 120 Å². The summed E-state index contributed by atoms with van der Waals surface area (Å²) >= 11 is 0. The zero-order valence-corrected chi connectivity index (χ0v) is 12.1. The molecule has 4 heteroatoms. The van der Waals surface area contributed by atoms with E-state index in [9.17, 15) is 0 Å². The lowest BCUT2D eigenvalue weighted by Crippen LogP contribution is -2.21. The second kappa shape index (κ2) is 7.70. The average molecular weight is 274 g/mol. The van der Waals surface area contributed by atoms with E-state index in [0.29, 0.717) is 12.6 Å². The highest BCUT2D eigenvalue weighted by Crippen LogP contribution is 2.20. The van der Waals surface area contributed by atoms with Crippen molar-refractivity contribution in [2.24, 2.45) is 0 Å². The molecule has 0 radical (unpaired) electrons. The lowest BCUT2D eigenvalue weighted by molar-refractivity contribution is 0.249. The van der Waals surface area contributed by atoms with E-state index in [2.05, 4.69) is 36.5 Å². The molecule has 0 aliphatic carbocycles. The van der Waals surface area contributed by atoms with E-state index >= 15 is 0 Å². The zero-order chi connectivity index (χ0) is 14.2. The maximum Gasteiger partial charge on any atom is 0.174 e. The highest BCUT2D eigenvalue weighted by Gasteiger charge is 2.08. The number of ether oxygens (including phenoxy) is 1. The molecule has 20 heavy (non-hydrogen) atoms. The second-order valence-corrected chi connectivity index (χ2v) is 4.75. The molecule has 0 bridgehead atoms. The summed E-state index contributed by atoms with van der Waals surface area (Å²) in [6, 6.07) is 10.5. The standard InChI is InChI=1S/C16H22N2O2/c1-3-10-17-16(4-2)13-5-7-14(8-6-13)19-12-15-9-11-18-20-15/h5-9,11,16-17H,3-4,10,12H2,1-2H3. The Bertz CT molecular complexity index is 480. The van der Waals surface area contributed by atoms with Gasteiger partial charge in [0.1, 0.15) is 12.4 Å². The highest BCUT2D eigenvalue weighted by molar-refractivity contribution is 5.29. The van der Waals surface area contributed by atoms with E-state index in [1.807, 2.05) is 12.1 Å². The van der Waals surface area contributed by atoms with Crippen LogP contribution >= 0.6 is 0 Å². The van der Waals surface area contributed by atoms with Crippen LogP contribution in [0, 0.1) is 0 Å². The number of aromatic nitrogens is 1. The third-order valence-corrected chi connectivity index (χ3v) is 3.20. The van der Waals surface area contributed by atoms with E-state index in [4.69, 9.17) is 9.26 Å². The molecule has 1 atom stereocenters. The molecular weight excluding hydrogens is 252 g/mol. The number of hydrogen-bond acceptors (Lipinski definition) is 4. The number of benzene rings is 1. The van der Waals surface area contributed by atoms with E-state index in [1.54, 1.807) is 12.3 Å². The minimum absolute atomic E-state index is 0.407. The van der Waals surface area contributed by atoms with Crippen molar-refractivity contribution in [1.29, 1.82) is 0 Å². The zero-order valence-electron chi connectivity index (χ0n) is 12.1. The molecule has 1 aromatic heterocycles. The third-order valence-electron chi connectivity index (χ3n) is 3.20. The molecule has 2 aromatic rings. The van der Waals surface area contributed by atoms with Crippen molar-refractivity contribution in [3.63, 3.8) is 0 Å². The van der Waals surface area contributed by atoms with Gasteiger partial charge in [0, 0.05) is 12.1 Å². The summed E-state index contributed by atoms with van der Waals surface area (Å²) in [4.78, 5) is 0. The van der Waals surface area contributed by atoms with Crippen molar-refractivity contribution in [3.8, 4) is 5.75 Å². The van der Waals surface area contributed by atoms with Gasteiger partial charge in [-0.2, -0.15) is 0 Å². The first-order valence-electron chi connectivity index (χ1n) is 7.19. The summed E-state index contributed by atoms with van der Waals surface area (Å²) in [6.45, 7) is 5.83. The number of nitrogens with zero attached hydrogens (tertiary/aromatic N) is 1. The smallest absolute Gasteiger partial charge is 0.174 e. The molecule has 108 valence electrons. The fraction of sp³-hybridized carbons (Fsp3) is 0.438. The molecule has 1 heterocycles. The van der Waals surface area contributed by atoms with Crippen molar-refractivity contribution >= 4 is 0 Å². The van der Waals surface area contributed by atoms with Gasteiger partial charge >= 0.3 is 0 Å². The Morgan fingerprint density at radius 2 is 2.00 bits per heavy atom. The first-order chi connectivity index (χ1) is 9.83. The Kier molecular flexibility index (Phi) is 5.62. The summed E-state index contributed by atoms with van der Waals surface area (Å²) in [7, 11) is 0. The molecule has 0 saturated heterocycles. The third kappa shape index (κ3) is 4.10. The Morgan fingerprint density at radius 1 is 1.20 bits per heavy atom. The van der Waals surface area contributed by atoms with Gasteiger partial charge in [-0.25, -0.2) is 0 Å². The van der Waals surface area contributed by atoms with Gasteiger partial charge in [0.15, 0.2) is 5.76 Å². The van der Waals surface area contributed by atoms with Crippen LogP contribution in [0.2, 0.25) is 0 Å². The quantitative estimate of drug-likeness (QED) is 0.797. The lowest BCUT2D eigenvalue weighted by atomic mass is 10.0. The van der Waals surface area contributed by atoms with Crippen LogP contribution in [-0.4, -0.2) is 11.7 Å². The maximum absolute atomic E-state index is 5.65. The summed E-state index contributed by atoms with van der Waals surface area (Å²) in [5, 5.41) is 7.19. The van der Waals surface area contributed by atoms with Crippen LogP contribution < -0.4 is 10.1 Å². The van der Waals surface area contributed by atoms with Crippen molar-refractivity contribution < 1.29 is 9.26 Å². The van der Waals surface area contributed by atoms with Gasteiger partial charge in [0.05, 0.1) is 6.20 Å². The van der Waals surface area contributed by atoms with Crippen LogP contribution in [-0.2, 0) is 6.61 Å². The first kappa shape index (κ1) is 14.6. The topological polar surface area (TPSA) is 47.3 Å². The molecule has 2 rings (SSSR count). The van der Waals surface area contributed by atoms with Gasteiger partial charge in [-0.15, -0.1) is 0 Å². The van der Waals surface area contributed by atoms with Crippen LogP contribution in [0.25, 0.3) is 0 Å². The molecule has 0 fully saturated rings. The molecule has 1 N–H and O–H groups in total. The van der Waals surface area contributed by atoms with Crippen LogP contribution in [0.3, 0.4) is 0 Å². The molecule has 4 nitrogen and oxygen atoms in total. The van der Waals surface area contributed by atoms with Crippen LogP contribution in [0.1, 0.15) is 44.1 Å². The normalized spacial score (nSPS) is 12.3. The summed E-state index contributed by atoms with van der Waals surface area (Å²) in [6.07, 6.45) is 3.85. The summed E-state index contributed by atoms with van der Waals surface area (Å²) in [5.41, 5.74) is 1.30. The first-order valence-corrected chi connectivity index (χ1v) is 7.19. The van der Waals surface area contributed by atoms with Crippen LogP contribution in [0.15, 0.2) is 41.1 Å². The van der Waals surface area contributed by atoms with Gasteiger partial charge in [-0.1, -0.05) is 31.1 Å². The van der Waals surface area contributed by atoms with Crippen molar-refractivity contribution in [1.82, 2.24) is 10.5 Å². The van der Waals surface area contributed by atoms with Crippen LogP contribution in [0.4, 0.5) is 0 Å². The van der Waals surface area contributed by atoms with Crippen molar-refractivity contribution in [3.05, 3.63) is 47.9 Å². The average Bonchev–Trinajstić information content (AvgIpc) is 3.00. The molecule has 0 aliphatic heterocycles. The van der Waals surface area contributed by atoms with Crippen LogP contribution in [0.5, 0.6) is 5.75 Å². The van der Waals surface area contributed by atoms with Gasteiger partial charge in [-0.05, 0) is 37.1 Å². The maximum atomic E-state index is 5.65. The predicted molar refractivity (Wildman–Crippen MR) is 78.6 cm³/mol. The van der Waals surface area contributed by atoms with E-state index in [-0.39, 0.29) is 0 Å². The monoisotopic (exact) mass is 274 g/mol. The highest BCUT2D eigenvalue weighted by atomic mass is 16.5. The van der Waals surface area contributed by atoms with Crippen molar-refractivity contribution in [2.75, 3.05) is 6.54 Å². The van der Waals surface area contributed by atoms with Gasteiger partial charge in [0.25, 0.3) is 0 Å². The molecule has 0 amide bonds. The molecule has 1 aromatic carbocycles. The van der Waals surface area contributed by atoms with E-state index < -0.39 is 0 Å². The van der Waals surface area contributed by atoms with Crippen molar-refractivity contribution in [2.45, 2.75) is 39.3 Å². The Balaban J connectivity index is 1.91. The van der Waals surface area contributed by atoms with Gasteiger partial charge in [0.2, 0.25) is 0 Å². The molecule has 1 unspecified atom stereocenters. The minimum Gasteiger partial charge on any atom is -0.486 e. The summed E-state index contributed by atoms with van der Waals surface area (Å²) in [5.74, 6) is 1.57. The van der Waals surface area contributed by atoms with E-state index in [0.717, 1.165) is 30.9 Å². The second-order valence-electron chi connectivity index (χ2n) is 4.75. The lowest BCUT2D eigenvalue weighted by Gasteiger charge is -2.17. The van der Waals surface area contributed by atoms with E-state index in [1.165, 1.54) is 5.56 Å². The molecule has 0 aliphatic rings. The largest absolute Gasteiger partial charge is 0.486 e. The SMILES string of the molecule is CCCNC(CC)c1ccc(OCc2ccno2)cc1. The molecular formula is C16H22N2O2. The van der Waals surface area contributed by atoms with Gasteiger partial charge in [-0.3, -0.25) is 0 Å². The minimum atomic E-state index is 0.407. The molecule has 0 saturated carbocycles. The number of hydrogen-bond donors (Lipinski definition) is 1. The fourth-order valence-electron chi connectivity index (χ4n) is 2.08. The molecule has 0 spiro atoms. The predicted octanol–water partition coefficient (Wildman–Crippen LogP) is 3.70. The number of nitrogens with one attached hydrogen (secondary N) is 1.